The van der Waals surface area contributed by atoms with Gasteiger partial charge in [0.25, 0.3) is 5.91 Å². The van der Waals surface area contributed by atoms with Crippen LogP contribution < -0.4 is 16.4 Å². The Bertz CT molecular complexity index is 511. The smallest absolute Gasteiger partial charge is 0.316 e. The molecule has 8 heteroatoms. The van der Waals surface area contributed by atoms with E-state index < -0.39 is 24.0 Å². The Balaban J connectivity index is 2.50. The van der Waals surface area contributed by atoms with Gasteiger partial charge in [0.2, 0.25) is 0 Å². The molecule has 0 unspecified atom stereocenters. The molecule has 0 spiro atoms. The Hall–Kier alpha value is -2.45. The van der Waals surface area contributed by atoms with E-state index in [0.29, 0.717) is 5.69 Å². The molecule has 0 radical (unpaired) electrons. The molecule has 1 rings (SSSR count). The van der Waals surface area contributed by atoms with Gasteiger partial charge in [0.05, 0.1) is 6.54 Å². The zero-order valence-corrected chi connectivity index (χ0v) is 11.7. The number of imide groups is 1. The molecule has 1 aromatic carbocycles. The molecule has 0 bridgehead atoms. The second-order valence-electron chi connectivity index (χ2n) is 4.02. The lowest BCUT2D eigenvalue weighted by molar-refractivity contribution is -0.141. The maximum Gasteiger partial charge on any atom is 0.316 e. The molecule has 114 valence electrons. The van der Waals surface area contributed by atoms with Crippen molar-refractivity contribution in [1.29, 1.82) is 0 Å². The number of carbonyl (C=O) groups excluding carboxylic acids is 3. The van der Waals surface area contributed by atoms with E-state index in [0.717, 1.165) is 0 Å². The Morgan fingerprint density at radius 3 is 2.19 bits per heavy atom. The zero-order chi connectivity index (χ0) is 15.8. The number of ether oxygens (including phenoxy) is 2. The highest BCUT2D eigenvalue weighted by molar-refractivity contribution is 6.38. The van der Waals surface area contributed by atoms with E-state index in [9.17, 15) is 14.4 Å². The molecule has 0 saturated carbocycles. The molecular weight excluding hydrogens is 278 g/mol. The summed E-state index contributed by atoms with van der Waals surface area (Å²) >= 11 is 0. The quantitative estimate of drug-likeness (QED) is 0.374. The van der Waals surface area contributed by atoms with Crippen LogP contribution in [0.15, 0.2) is 24.3 Å². The predicted octanol–water partition coefficient (Wildman–Crippen LogP) is -0.740. The number of nitrogen functional groups attached to an aromatic ring is 1. The van der Waals surface area contributed by atoms with E-state index in [1.807, 2.05) is 5.32 Å². The highest BCUT2D eigenvalue weighted by Crippen LogP contribution is 2.04. The van der Waals surface area contributed by atoms with Gasteiger partial charge in [-0.15, -0.1) is 0 Å². The Morgan fingerprint density at radius 1 is 1.10 bits per heavy atom. The molecule has 0 aliphatic carbocycles. The number of amides is 3. The Labute approximate surface area is 121 Å². The first kappa shape index (κ1) is 16.6. The molecule has 0 aromatic heterocycles. The van der Waals surface area contributed by atoms with E-state index >= 15 is 0 Å². The molecule has 8 nitrogen and oxygen atoms in total. The van der Waals surface area contributed by atoms with Crippen LogP contribution in [0.3, 0.4) is 0 Å². The third kappa shape index (κ3) is 5.21. The fourth-order valence-electron chi connectivity index (χ4n) is 1.39. The number of hydrogen-bond donors (Lipinski definition) is 3. The third-order valence-electron chi connectivity index (χ3n) is 2.56. The summed E-state index contributed by atoms with van der Waals surface area (Å²) in [5.41, 5.74) is 6.19. The SMILES string of the molecule is COC(CNC(=O)C(=O)NC(=O)c1ccc(N)cc1)OC. The van der Waals surface area contributed by atoms with Gasteiger partial charge in [0, 0.05) is 25.5 Å². The second kappa shape index (κ2) is 7.98. The van der Waals surface area contributed by atoms with E-state index in [-0.39, 0.29) is 12.1 Å². The van der Waals surface area contributed by atoms with E-state index in [1.54, 1.807) is 0 Å². The highest BCUT2D eigenvalue weighted by atomic mass is 16.7. The summed E-state index contributed by atoms with van der Waals surface area (Å²) in [4.78, 5) is 34.7. The topological polar surface area (TPSA) is 120 Å². The van der Waals surface area contributed by atoms with Crippen molar-refractivity contribution in [2.24, 2.45) is 0 Å². The van der Waals surface area contributed by atoms with Crippen LogP contribution >= 0.6 is 0 Å². The number of nitrogens with two attached hydrogens (primary N) is 1. The Kier molecular flexibility index (Phi) is 6.31. The highest BCUT2D eigenvalue weighted by Gasteiger charge is 2.18. The maximum atomic E-state index is 11.7. The van der Waals surface area contributed by atoms with Gasteiger partial charge in [-0.1, -0.05) is 0 Å². The summed E-state index contributed by atoms with van der Waals surface area (Å²) in [6.45, 7) is -0.0185. The molecule has 1 aromatic rings. The van der Waals surface area contributed by atoms with Crippen molar-refractivity contribution in [2.45, 2.75) is 6.29 Å². The number of hydrogen-bond acceptors (Lipinski definition) is 6. The fourth-order valence-corrected chi connectivity index (χ4v) is 1.39. The van der Waals surface area contributed by atoms with E-state index in [2.05, 4.69) is 5.32 Å². The summed E-state index contributed by atoms with van der Waals surface area (Å²) in [7, 11) is 2.79. The van der Waals surface area contributed by atoms with Crippen LogP contribution in [0.1, 0.15) is 10.4 Å². The van der Waals surface area contributed by atoms with Gasteiger partial charge in [-0.25, -0.2) is 0 Å². The van der Waals surface area contributed by atoms with Crippen LogP contribution in [0.25, 0.3) is 0 Å². The predicted molar refractivity (Wildman–Crippen MR) is 74.1 cm³/mol. The fraction of sp³-hybridized carbons (Fsp3) is 0.308. The number of benzene rings is 1. The van der Waals surface area contributed by atoms with Crippen molar-refractivity contribution in [3.63, 3.8) is 0 Å². The zero-order valence-electron chi connectivity index (χ0n) is 11.7. The summed E-state index contributed by atoms with van der Waals surface area (Å²) < 4.78 is 9.69. The molecule has 0 atom stereocenters. The van der Waals surface area contributed by atoms with Crippen LogP contribution in [0, 0.1) is 0 Å². The lowest BCUT2D eigenvalue weighted by Crippen LogP contribution is -2.45. The number of anilines is 1. The monoisotopic (exact) mass is 295 g/mol. The molecule has 21 heavy (non-hydrogen) atoms. The molecule has 4 N–H and O–H groups in total. The lowest BCUT2D eigenvalue weighted by atomic mass is 10.2. The van der Waals surface area contributed by atoms with E-state index in [1.165, 1.54) is 38.5 Å². The summed E-state index contributed by atoms with van der Waals surface area (Å²) in [6.07, 6.45) is -0.672. The number of rotatable bonds is 5. The molecule has 0 aliphatic heterocycles. The lowest BCUT2D eigenvalue weighted by Gasteiger charge is -2.13. The summed E-state index contributed by atoms with van der Waals surface area (Å²) in [5, 5.41) is 4.24. The summed E-state index contributed by atoms with van der Waals surface area (Å²) in [5.74, 6) is -2.72. The second-order valence-corrected chi connectivity index (χ2v) is 4.02. The average Bonchev–Trinajstić information content (AvgIpc) is 2.48. The minimum atomic E-state index is -1.07. The van der Waals surface area contributed by atoms with Gasteiger partial charge in [-0.2, -0.15) is 0 Å². The normalized spacial score (nSPS) is 10.2. The van der Waals surface area contributed by atoms with E-state index in [4.69, 9.17) is 15.2 Å². The van der Waals surface area contributed by atoms with Gasteiger partial charge >= 0.3 is 11.8 Å². The summed E-state index contributed by atoms with van der Waals surface area (Å²) in [6, 6.07) is 5.92. The molecule has 0 fully saturated rings. The van der Waals surface area contributed by atoms with Crippen LogP contribution in [0.2, 0.25) is 0 Å². The van der Waals surface area contributed by atoms with Crippen molar-refractivity contribution < 1.29 is 23.9 Å². The minimum Gasteiger partial charge on any atom is -0.399 e. The first-order valence-corrected chi connectivity index (χ1v) is 6.02. The van der Waals surface area contributed by atoms with Crippen molar-refractivity contribution >= 4 is 23.4 Å². The van der Waals surface area contributed by atoms with Crippen molar-refractivity contribution in [2.75, 3.05) is 26.5 Å². The molecule has 0 heterocycles. The van der Waals surface area contributed by atoms with Crippen molar-refractivity contribution in [3.8, 4) is 0 Å². The van der Waals surface area contributed by atoms with Crippen LogP contribution in [0.5, 0.6) is 0 Å². The minimum absolute atomic E-state index is 0.0185. The van der Waals surface area contributed by atoms with Crippen LogP contribution in [0.4, 0.5) is 5.69 Å². The number of methoxy groups -OCH3 is 2. The van der Waals surface area contributed by atoms with Gasteiger partial charge in [0.1, 0.15) is 0 Å². The van der Waals surface area contributed by atoms with Gasteiger partial charge in [0.15, 0.2) is 6.29 Å². The van der Waals surface area contributed by atoms with Gasteiger partial charge < -0.3 is 20.5 Å². The first-order valence-electron chi connectivity index (χ1n) is 6.02. The number of carbonyl (C=O) groups is 3. The van der Waals surface area contributed by atoms with Gasteiger partial charge in [-0.05, 0) is 24.3 Å². The molecule has 0 aliphatic rings. The molecular formula is C13H17N3O5. The average molecular weight is 295 g/mol. The van der Waals surface area contributed by atoms with Crippen LogP contribution in [-0.2, 0) is 19.1 Å². The molecule has 0 saturated heterocycles. The van der Waals surface area contributed by atoms with Gasteiger partial charge in [-0.3, -0.25) is 19.7 Å². The van der Waals surface area contributed by atoms with Crippen LogP contribution in [-0.4, -0.2) is 44.8 Å². The van der Waals surface area contributed by atoms with Crippen molar-refractivity contribution in [1.82, 2.24) is 10.6 Å². The number of nitrogens with one attached hydrogen (secondary N) is 2. The third-order valence-corrected chi connectivity index (χ3v) is 2.56. The standard InChI is InChI=1S/C13H17N3O5/c1-20-10(21-2)7-15-12(18)13(19)16-11(17)8-3-5-9(14)6-4-8/h3-6,10H,7,14H2,1-2H3,(H,15,18)(H,16,17,19). The largest absolute Gasteiger partial charge is 0.399 e. The first-order chi connectivity index (χ1) is 9.97. The molecule has 3 amide bonds. The van der Waals surface area contributed by atoms with Crippen molar-refractivity contribution in [3.05, 3.63) is 29.8 Å². The maximum absolute atomic E-state index is 11.7. The Morgan fingerprint density at radius 2 is 1.67 bits per heavy atom.